The molecular formula is C26H31N3O2S. The maximum absolute atomic E-state index is 12.7. The van der Waals surface area contributed by atoms with Gasteiger partial charge in [0.05, 0.1) is 16.3 Å². The molecule has 1 aliphatic carbocycles. The Bertz CT molecular complexity index is 1230. The van der Waals surface area contributed by atoms with Gasteiger partial charge in [0.2, 0.25) is 10.0 Å². The van der Waals surface area contributed by atoms with Crippen molar-refractivity contribution in [3.63, 3.8) is 0 Å². The van der Waals surface area contributed by atoms with Crippen molar-refractivity contribution in [3.05, 3.63) is 89.3 Å². The van der Waals surface area contributed by atoms with E-state index in [1.807, 2.05) is 23.7 Å². The quantitative estimate of drug-likeness (QED) is 0.546. The zero-order chi connectivity index (χ0) is 23.1. The fourth-order valence-corrected chi connectivity index (χ4v) is 5.64. The lowest BCUT2D eigenvalue weighted by Gasteiger charge is -2.19. The van der Waals surface area contributed by atoms with Crippen molar-refractivity contribution in [1.82, 2.24) is 14.5 Å². The molecule has 1 aliphatic rings. The van der Waals surface area contributed by atoms with Gasteiger partial charge in [0.15, 0.2) is 0 Å². The number of rotatable bonds is 5. The SMILES string of the molecule is Cc1nn(-c2ccc(C(C)(C)C)cc2)c(C)c1[C@H]1C=C[C@@H](NS(=O)(=O)c2ccccc2)C1. The molecule has 0 radical (unpaired) electrons. The van der Waals surface area contributed by atoms with Crippen LogP contribution in [0.2, 0.25) is 0 Å². The Labute approximate surface area is 191 Å². The summed E-state index contributed by atoms with van der Waals surface area (Å²) < 4.78 is 30.2. The van der Waals surface area contributed by atoms with Crippen LogP contribution in [-0.2, 0) is 15.4 Å². The fourth-order valence-electron chi connectivity index (χ4n) is 4.41. The molecule has 6 heteroatoms. The molecule has 1 heterocycles. The van der Waals surface area contributed by atoms with Crippen LogP contribution in [0.25, 0.3) is 5.69 Å². The summed E-state index contributed by atoms with van der Waals surface area (Å²) in [5.41, 5.74) is 5.66. The van der Waals surface area contributed by atoms with Gasteiger partial charge in [0.25, 0.3) is 0 Å². The minimum Gasteiger partial charge on any atom is -0.238 e. The predicted octanol–water partition coefficient (Wildman–Crippen LogP) is 5.18. The Kier molecular flexibility index (Phi) is 5.86. The lowest BCUT2D eigenvalue weighted by molar-refractivity contribution is 0.563. The third-order valence-corrected chi connectivity index (χ3v) is 7.65. The van der Waals surface area contributed by atoms with Crippen LogP contribution in [0.5, 0.6) is 0 Å². The number of aromatic nitrogens is 2. The Morgan fingerprint density at radius 3 is 2.25 bits per heavy atom. The second kappa shape index (κ2) is 8.34. The molecule has 0 fully saturated rings. The summed E-state index contributed by atoms with van der Waals surface area (Å²) in [7, 11) is -3.55. The number of nitrogens with one attached hydrogen (secondary N) is 1. The normalized spacial score (nSPS) is 18.9. The van der Waals surface area contributed by atoms with E-state index in [0.717, 1.165) is 17.1 Å². The van der Waals surface area contributed by atoms with E-state index in [9.17, 15) is 8.42 Å². The van der Waals surface area contributed by atoms with Gasteiger partial charge >= 0.3 is 0 Å². The van der Waals surface area contributed by atoms with Crippen molar-refractivity contribution in [2.24, 2.45) is 0 Å². The summed E-state index contributed by atoms with van der Waals surface area (Å²) in [6.07, 6.45) is 4.74. The van der Waals surface area contributed by atoms with Crippen molar-refractivity contribution < 1.29 is 8.42 Å². The first-order valence-corrected chi connectivity index (χ1v) is 12.5. The molecule has 0 amide bonds. The van der Waals surface area contributed by atoms with Crippen LogP contribution in [0, 0.1) is 13.8 Å². The maximum Gasteiger partial charge on any atom is 0.241 e. The monoisotopic (exact) mass is 449 g/mol. The van der Waals surface area contributed by atoms with Gasteiger partial charge in [-0.15, -0.1) is 0 Å². The zero-order valence-electron chi connectivity index (χ0n) is 19.3. The van der Waals surface area contributed by atoms with Crippen LogP contribution in [-0.4, -0.2) is 24.2 Å². The van der Waals surface area contributed by atoms with Crippen molar-refractivity contribution >= 4 is 10.0 Å². The van der Waals surface area contributed by atoms with Gasteiger partial charge in [-0.3, -0.25) is 0 Å². The second-order valence-electron chi connectivity index (χ2n) is 9.56. The second-order valence-corrected chi connectivity index (χ2v) is 11.3. The Morgan fingerprint density at radius 2 is 1.62 bits per heavy atom. The molecule has 32 heavy (non-hydrogen) atoms. The molecule has 0 saturated heterocycles. The summed E-state index contributed by atoms with van der Waals surface area (Å²) in [4.78, 5) is 0.288. The number of allylic oxidation sites excluding steroid dienone is 1. The molecule has 1 N–H and O–H groups in total. The van der Waals surface area contributed by atoms with Crippen LogP contribution in [0.3, 0.4) is 0 Å². The molecular weight excluding hydrogens is 418 g/mol. The number of nitrogens with zero attached hydrogens (tertiary/aromatic N) is 2. The minimum atomic E-state index is -3.55. The average molecular weight is 450 g/mol. The van der Waals surface area contributed by atoms with Gasteiger partial charge in [-0.2, -0.15) is 5.10 Å². The molecule has 0 aliphatic heterocycles. The largest absolute Gasteiger partial charge is 0.241 e. The standard InChI is InChI=1S/C26H31N3O2S/c1-18-25(19(2)29(27-18)23-15-12-21(13-16-23)26(3,4)5)20-11-14-22(17-20)28-32(30,31)24-9-7-6-8-10-24/h6-16,20,22,28H,17H2,1-5H3/t20-,22+/m0/s1. The predicted molar refractivity (Wildman–Crippen MR) is 129 cm³/mol. The first-order chi connectivity index (χ1) is 15.1. The topological polar surface area (TPSA) is 64.0 Å². The number of hydrogen-bond donors (Lipinski definition) is 1. The summed E-state index contributed by atoms with van der Waals surface area (Å²) in [6.45, 7) is 10.7. The molecule has 168 valence electrons. The van der Waals surface area contributed by atoms with Gasteiger partial charge in [-0.05, 0) is 55.5 Å². The van der Waals surface area contributed by atoms with Gasteiger partial charge in [-0.1, -0.05) is 63.3 Å². The molecule has 4 rings (SSSR count). The van der Waals surface area contributed by atoms with Gasteiger partial charge in [0, 0.05) is 23.2 Å². The van der Waals surface area contributed by atoms with E-state index < -0.39 is 10.0 Å². The highest BCUT2D eigenvalue weighted by atomic mass is 32.2. The molecule has 5 nitrogen and oxygen atoms in total. The van der Waals surface area contributed by atoms with Crippen molar-refractivity contribution in [2.75, 3.05) is 0 Å². The van der Waals surface area contributed by atoms with Crippen LogP contribution in [0.4, 0.5) is 0 Å². The average Bonchev–Trinajstić information content (AvgIpc) is 3.31. The van der Waals surface area contributed by atoms with E-state index in [-0.39, 0.29) is 22.3 Å². The smallest absolute Gasteiger partial charge is 0.238 e. The third kappa shape index (κ3) is 4.43. The first-order valence-electron chi connectivity index (χ1n) is 11.0. The molecule has 1 aromatic heterocycles. The van der Waals surface area contributed by atoms with E-state index in [1.54, 1.807) is 24.3 Å². The maximum atomic E-state index is 12.7. The Hall–Kier alpha value is -2.70. The van der Waals surface area contributed by atoms with Crippen molar-refractivity contribution in [1.29, 1.82) is 0 Å². The van der Waals surface area contributed by atoms with E-state index >= 15 is 0 Å². The van der Waals surface area contributed by atoms with E-state index in [1.165, 1.54) is 11.1 Å². The molecule has 0 unspecified atom stereocenters. The third-order valence-electron chi connectivity index (χ3n) is 6.14. The van der Waals surface area contributed by atoms with Crippen LogP contribution >= 0.6 is 0 Å². The lowest BCUT2D eigenvalue weighted by Crippen LogP contribution is -2.32. The van der Waals surface area contributed by atoms with Crippen LogP contribution in [0.15, 0.2) is 71.6 Å². The number of benzene rings is 2. The molecule has 0 saturated carbocycles. The van der Waals surface area contributed by atoms with Crippen LogP contribution < -0.4 is 4.72 Å². The fraction of sp³-hybridized carbons (Fsp3) is 0.346. The molecule has 2 aromatic carbocycles. The van der Waals surface area contributed by atoms with E-state index in [2.05, 4.69) is 62.8 Å². The van der Waals surface area contributed by atoms with Crippen molar-refractivity contribution in [2.45, 2.75) is 63.3 Å². The molecule has 0 spiro atoms. The number of sulfonamides is 1. The Morgan fingerprint density at radius 1 is 0.969 bits per heavy atom. The summed E-state index contributed by atoms with van der Waals surface area (Å²) in [5.74, 6) is 0.126. The van der Waals surface area contributed by atoms with E-state index in [4.69, 9.17) is 5.10 Å². The highest BCUT2D eigenvalue weighted by Crippen LogP contribution is 2.34. The number of hydrogen-bond acceptors (Lipinski definition) is 3. The number of aryl methyl sites for hydroxylation is 1. The van der Waals surface area contributed by atoms with Gasteiger partial charge < -0.3 is 0 Å². The summed E-state index contributed by atoms with van der Waals surface area (Å²) in [5, 5.41) is 4.81. The van der Waals surface area contributed by atoms with Gasteiger partial charge in [0.1, 0.15) is 0 Å². The van der Waals surface area contributed by atoms with Crippen molar-refractivity contribution in [3.8, 4) is 5.69 Å². The first kappa shape index (κ1) is 22.5. The van der Waals surface area contributed by atoms with E-state index in [0.29, 0.717) is 6.42 Å². The van der Waals surface area contributed by atoms with Gasteiger partial charge in [-0.25, -0.2) is 17.8 Å². The summed E-state index contributed by atoms with van der Waals surface area (Å²) >= 11 is 0. The Balaban J connectivity index is 1.53. The highest BCUT2D eigenvalue weighted by molar-refractivity contribution is 7.89. The molecule has 0 bridgehead atoms. The minimum absolute atomic E-state index is 0.107. The van der Waals surface area contributed by atoms with Crippen LogP contribution in [0.1, 0.15) is 55.6 Å². The lowest BCUT2D eigenvalue weighted by atomic mass is 9.87. The molecule has 3 aromatic rings. The zero-order valence-corrected chi connectivity index (χ0v) is 20.1. The molecule has 2 atom stereocenters. The highest BCUT2D eigenvalue weighted by Gasteiger charge is 2.29. The summed E-state index contributed by atoms with van der Waals surface area (Å²) in [6, 6.07) is 16.8.